The third-order valence-electron chi connectivity index (χ3n) is 7.44. The molecule has 0 spiro atoms. The van der Waals surface area contributed by atoms with Crippen LogP contribution in [0.3, 0.4) is 0 Å². The smallest absolute Gasteiger partial charge is 0.258 e. The molecule has 2 unspecified atom stereocenters. The van der Waals surface area contributed by atoms with E-state index in [1.165, 1.54) is 0 Å². The maximum Gasteiger partial charge on any atom is 0.258 e. The van der Waals surface area contributed by atoms with Crippen molar-refractivity contribution in [1.29, 1.82) is 0 Å². The fourth-order valence-corrected chi connectivity index (χ4v) is 5.24. The molecule has 0 bridgehead atoms. The molecule has 1 aliphatic rings. The number of amides is 2. The number of fused-ring (bicyclic) bond motifs is 1. The van der Waals surface area contributed by atoms with Crippen LogP contribution < -0.4 is 10.2 Å². The molecular weight excluding hydrogens is 498 g/mol. The highest BCUT2D eigenvalue weighted by molar-refractivity contribution is 6.08. The number of ether oxygens (including phenoxy) is 1. The number of benzene rings is 4. The normalized spacial score (nSPS) is 16.8. The molecule has 4 aromatic rings. The predicted octanol–water partition coefficient (Wildman–Crippen LogP) is 6.49. The van der Waals surface area contributed by atoms with Gasteiger partial charge in [-0.3, -0.25) is 9.59 Å². The average molecular weight is 534 g/mol. The second-order valence-corrected chi connectivity index (χ2v) is 10.5. The van der Waals surface area contributed by atoms with E-state index in [-0.39, 0.29) is 24.0 Å². The first-order valence-corrected chi connectivity index (χ1v) is 13.6. The Hall–Kier alpha value is -4.26. The SMILES string of the molecule is Cc1ccccc1C(=O)Nc1ccc(C(=O)N2CC(OCc3ccccc3)CC(N(C)C)c3ccccc32)cc1. The van der Waals surface area contributed by atoms with Gasteiger partial charge in [0.25, 0.3) is 11.8 Å². The fourth-order valence-electron chi connectivity index (χ4n) is 5.24. The van der Waals surface area contributed by atoms with Crippen molar-refractivity contribution in [2.45, 2.75) is 32.1 Å². The summed E-state index contributed by atoms with van der Waals surface area (Å²) in [6.07, 6.45) is 0.612. The van der Waals surface area contributed by atoms with E-state index in [0.29, 0.717) is 30.0 Å². The van der Waals surface area contributed by atoms with E-state index >= 15 is 0 Å². The van der Waals surface area contributed by atoms with Gasteiger partial charge in [0.05, 0.1) is 19.3 Å². The van der Waals surface area contributed by atoms with Gasteiger partial charge in [-0.2, -0.15) is 0 Å². The van der Waals surface area contributed by atoms with Gasteiger partial charge in [-0.1, -0.05) is 66.7 Å². The standard InChI is InChI=1S/C34H35N3O3/c1-24-11-7-8-14-29(24)33(38)35-27-19-17-26(18-20-27)34(39)37-22-28(40-23-25-12-5-4-6-13-25)21-32(36(2)3)30-15-9-10-16-31(30)37/h4-20,28,32H,21-23H2,1-3H3,(H,35,38). The predicted molar refractivity (Wildman–Crippen MR) is 160 cm³/mol. The van der Waals surface area contributed by atoms with Gasteiger partial charge in [-0.05, 0) is 80.5 Å². The second kappa shape index (κ2) is 12.3. The molecule has 6 nitrogen and oxygen atoms in total. The third-order valence-corrected chi connectivity index (χ3v) is 7.44. The summed E-state index contributed by atoms with van der Waals surface area (Å²) in [5.41, 5.74) is 5.83. The lowest BCUT2D eigenvalue weighted by atomic mass is 9.99. The highest BCUT2D eigenvalue weighted by atomic mass is 16.5. The molecule has 1 heterocycles. The molecule has 1 aliphatic heterocycles. The Morgan fingerprint density at radius 2 is 1.55 bits per heavy atom. The first-order chi connectivity index (χ1) is 19.4. The Kier molecular flexibility index (Phi) is 8.39. The molecule has 40 heavy (non-hydrogen) atoms. The molecule has 0 radical (unpaired) electrons. The van der Waals surface area contributed by atoms with Crippen LogP contribution in [0.4, 0.5) is 11.4 Å². The van der Waals surface area contributed by atoms with Crippen molar-refractivity contribution in [3.63, 3.8) is 0 Å². The van der Waals surface area contributed by atoms with Crippen LogP contribution in [-0.4, -0.2) is 43.5 Å². The van der Waals surface area contributed by atoms with Crippen LogP contribution in [0.5, 0.6) is 0 Å². The molecule has 0 saturated carbocycles. The van der Waals surface area contributed by atoms with Crippen LogP contribution in [0.25, 0.3) is 0 Å². The van der Waals surface area contributed by atoms with Gasteiger partial charge in [-0.15, -0.1) is 0 Å². The van der Waals surface area contributed by atoms with Gasteiger partial charge < -0.3 is 19.9 Å². The summed E-state index contributed by atoms with van der Waals surface area (Å²) >= 11 is 0. The van der Waals surface area contributed by atoms with Crippen LogP contribution >= 0.6 is 0 Å². The zero-order valence-corrected chi connectivity index (χ0v) is 23.2. The van der Waals surface area contributed by atoms with Gasteiger partial charge in [0.15, 0.2) is 0 Å². The van der Waals surface area contributed by atoms with Crippen LogP contribution in [0.15, 0.2) is 103 Å². The molecule has 5 rings (SSSR count). The molecule has 2 atom stereocenters. The minimum Gasteiger partial charge on any atom is -0.372 e. The van der Waals surface area contributed by atoms with E-state index in [1.807, 2.05) is 66.4 Å². The van der Waals surface area contributed by atoms with Crippen LogP contribution in [0.2, 0.25) is 0 Å². The molecule has 0 saturated heterocycles. The number of aryl methyl sites for hydroxylation is 1. The number of para-hydroxylation sites is 1. The lowest BCUT2D eigenvalue weighted by molar-refractivity contribution is 0.0256. The zero-order chi connectivity index (χ0) is 28.1. The molecule has 1 N–H and O–H groups in total. The average Bonchev–Trinajstić information content (AvgIpc) is 3.14. The number of rotatable bonds is 7. The van der Waals surface area contributed by atoms with Crippen molar-refractivity contribution < 1.29 is 14.3 Å². The molecule has 4 aromatic carbocycles. The number of carbonyl (C=O) groups is 2. The Morgan fingerprint density at radius 3 is 2.27 bits per heavy atom. The van der Waals surface area contributed by atoms with Crippen molar-refractivity contribution in [1.82, 2.24) is 4.90 Å². The number of nitrogens with zero attached hydrogens (tertiary/aromatic N) is 2. The van der Waals surface area contributed by atoms with E-state index in [0.717, 1.165) is 28.8 Å². The monoisotopic (exact) mass is 533 g/mol. The minimum atomic E-state index is -0.174. The van der Waals surface area contributed by atoms with Crippen molar-refractivity contribution in [2.24, 2.45) is 0 Å². The number of nitrogens with one attached hydrogen (secondary N) is 1. The zero-order valence-electron chi connectivity index (χ0n) is 23.2. The highest BCUT2D eigenvalue weighted by Crippen LogP contribution is 2.37. The summed E-state index contributed by atoms with van der Waals surface area (Å²) in [7, 11) is 4.13. The first kappa shape index (κ1) is 27.3. The van der Waals surface area contributed by atoms with Crippen LogP contribution in [-0.2, 0) is 11.3 Å². The summed E-state index contributed by atoms with van der Waals surface area (Å²) in [5.74, 6) is -0.274. The molecule has 0 fully saturated rings. The first-order valence-electron chi connectivity index (χ1n) is 13.6. The van der Waals surface area contributed by atoms with Crippen molar-refractivity contribution in [3.05, 3.63) is 131 Å². The van der Waals surface area contributed by atoms with Gasteiger partial charge in [-0.25, -0.2) is 0 Å². The Balaban J connectivity index is 1.38. The summed E-state index contributed by atoms with van der Waals surface area (Å²) in [6, 6.07) is 32.9. The van der Waals surface area contributed by atoms with Crippen LogP contribution in [0, 0.1) is 6.92 Å². The lowest BCUT2D eigenvalue weighted by Crippen LogP contribution is -2.38. The van der Waals surface area contributed by atoms with Crippen molar-refractivity contribution in [3.8, 4) is 0 Å². The van der Waals surface area contributed by atoms with E-state index in [1.54, 1.807) is 30.3 Å². The molecule has 6 heteroatoms. The minimum absolute atomic E-state index is 0.100. The Bertz CT molecular complexity index is 1470. The summed E-state index contributed by atoms with van der Waals surface area (Å²) in [6.45, 7) is 2.84. The lowest BCUT2D eigenvalue weighted by Gasteiger charge is -2.26. The number of carbonyl (C=O) groups excluding carboxylic acids is 2. The number of hydrogen-bond donors (Lipinski definition) is 1. The Morgan fingerprint density at radius 1 is 0.875 bits per heavy atom. The molecule has 0 aliphatic carbocycles. The summed E-state index contributed by atoms with van der Waals surface area (Å²) in [4.78, 5) is 30.8. The van der Waals surface area contributed by atoms with Crippen LogP contribution in [0.1, 0.15) is 49.9 Å². The van der Waals surface area contributed by atoms with Gasteiger partial charge in [0.1, 0.15) is 0 Å². The maximum atomic E-state index is 14.0. The Labute approximate surface area is 236 Å². The van der Waals surface area contributed by atoms with E-state index in [9.17, 15) is 9.59 Å². The number of anilines is 2. The highest BCUT2D eigenvalue weighted by Gasteiger charge is 2.33. The summed E-state index contributed by atoms with van der Waals surface area (Å²) < 4.78 is 6.42. The van der Waals surface area contributed by atoms with E-state index < -0.39 is 0 Å². The van der Waals surface area contributed by atoms with E-state index in [2.05, 4.69) is 42.5 Å². The van der Waals surface area contributed by atoms with Gasteiger partial charge in [0, 0.05) is 28.5 Å². The molecule has 204 valence electrons. The topological polar surface area (TPSA) is 61.9 Å². The summed E-state index contributed by atoms with van der Waals surface area (Å²) in [5, 5.41) is 2.94. The van der Waals surface area contributed by atoms with Gasteiger partial charge in [0.2, 0.25) is 0 Å². The second-order valence-electron chi connectivity index (χ2n) is 10.5. The van der Waals surface area contributed by atoms with Crippen molar-refractivity contribution in [2.75, 3.05) is 30.9 Å². The quantitative estimate of drug-likeness (QED) is 0.295. The number of hydrogen-bond acceptors (Lipinski definition) is 4. The van der Waals surface area contributed by atoms with E-state index in [4.69, 9.17) is 4.74 Å². The van der Waals surface area contributed by atoms with Gasteiger partial charge >= 0.3 is 0 Å². The molecule has 2 amide bonds. The van der Waals surface area contributed by atoms with Crippen molar-refractivity contribution >= 4 is 23.2 Å². The largest absolute Gasteiger partial charge is 0.372 e. The maximum absolute atomic E-state index is 14.0. The molecule has 0 aromatic heterocycles. The fraction of sp³-hybridized carbons (Fsp3) is 0.235. The third kappa shape index (κ3) is 6.14. The molecular formula is C34H35N3O3.